The van der Waals surface area contributed by atoms with Crippen LogP contribution in [-0.2, 0) is 4.79 Å². The van der Waals surface area contributed by atoms with E-state index in [1.54, 1.807) is 12.1 Å². The molecule has 1 amide bonds. The van der Waals surface area contributed by atoms with E-state index in [1.807, 2.05) is 19.9 Å². The number of aromatic nitrogens is 1. The second kappa shape index (κ2) is 7.40. The van der Waals surface area contributed by atoms with Gasteiger partial charge in [0.25, 0.3) is 0 Å². The van der Waals surface area contributed by atoms with Gasteiger partial charge >= 0.3 is 0 Å². The van der Waals surface area contributed by atoms with Gasteiger partial charge in [0.05, 0.1) is 17.3 Å². The van der Waals surface area contributed by atoms with Gasteiger partial charge in [-0.05, 0) is 62.6 Å². The number of carbonyl (C=O) groups is 1. The number of benzene rings is 1. The second-order valence-electron chi connectivity index (χ2n) is 6.74. The SMILES string of the molecule is CCNc1c(C)cc(C(CNC=O)C2(F)CC2)nc1-c1ccc(F)cc1. The predicted octanol–water partition coefficient (Wildman–Crippen LogP) is 3.96. The van der Waals surface area contributed by atoms with Gasteiger partial charge in [-0.1, -0.05) is 0 Å². The fraction of sp³-hybridized carbons (Fsp3) is 0.400. The number of aryl methyl sites for hydroxylation is 1. The van der Waals surface area contributed by atoms with Crippen LogP contribution in [0.3, 0.4) is 0 Å². The molecule has 1 aromatic heterocycles. The topological polar surface area (TPSA) is 54.0 Å². The minimum atomic E-state index is -1.32. The molecule has 0 saturated heterocycles. The van der Waals surface area contributed by atoms with E-state index in [1.165, 1.54) is 12.1 Å². The van der Waals surface area contributed by atoms with Crippen molar-refractivity contribution in [3.8, 4) is 11.3 Å². The summed E-state index contributed by atoms with van der Waals surface area (Å²) in [5.41, 5.74) is 2.51. The van der Waals surface area contributed by atoms with Crippen LogP contribution in [0.4, 0.5) is 14.5 Å². The van der Waals surface area contributed by atoms with Crippen LogP contribution in [0.25, 0.3) is 11.3 Å². The van der Waals surface area contributed by atoms with Crippen LogP contribution in [-0.4, -0.2) is 30.2 Å². The predicted molar refractivity (Wildman–Crippen MR) is 98.4 cm³/mol. The fourth-order valence-electron chi connectivity index (χ4n) is 3.28. The maximum atomic E-state index is 14.9. The van der Waals surface area contributed by atoms with Crippen molar-refractivity contribution in [1.29, 1.82) is 0 Å². The van der Waals surface area contributed by atoms with Crippen LogP contribution < -0.4 is 10.6 Å². The van der Waals surface area contributed by atoms with E-state index in [2.05, 4.69) is 10.6 Å². The fourth-order valence-corrected chi connectivity index (χ4v) is 3.28. The summed E-state index contributed by atoms with van der Waals surface area (Å²) < 4.78 is 28.2. The molecule has 1 fully saturated rings. The first-order chi connectivity index (χ1) is 12.5. The van der Waals surface area contributed by atoms with Crippen LogP contribution in [0.5, 0.6) is 0 Å². The van der Waals surface area contributed by atoms with Crippen molar-refractivity contribution >= 4 is 12.1 Å². The Bertz CT molecular complexity index is 788. The molecule has 2 N–H and O–H groups in total. The average molecular weight is 359 g/mol. The van der Waals surface area contributed by atoms with E-state index in [0.29, 0.717) is 37.2 Å². The summed E-state index contributed by atoms with van der Waals surface area (Å²) in [7, 11) is 0. The number of nitrogens with one attached hydrogen (secondary N) is 2. The van der Waals surface area contributed by atoms with Crippen LogP contribution in [0, 0.1) is 12.7 Å². The van der Waals surface area contributed by atoms with Crippen molar-refractivity contribution in [2.45, 2.75) is 38.3 Å². The van der Waals surface area contributed by atoms with Gasteiger partial charge in [0.15, 0.2) is 0 Å². The molecule has 1 atom stereocenters. The Kier molecular flexibility index (Phi) is 5.20. The van der Waals surface area contributed by atoms with Crippen LogP contribution in [0.1, 0.15) is 36.9 Å². The monoisotopic (exact) mass is 359 g/mol. The Morgan fingerprint density at radius 3 is 2.58 bits per heavy atom. The number of hydrogen-bond donors (Lipinski definition) is 2. The lowest BCUT2D eigenvalue weighted by Gasteiger charge is -2.23. The molecule has 3 rings (SSSR count). The lowest BCUT2D eigenvalue weighted by Crippen LogP contribution is -2.29. The summed E-state index contributed by atoms with van der Waals surface area (Å²) in [6.07, 6.45) is 1.53. The molecule has 6 heteroatoms. The van der Waals surface area contributed by atoms with Gasteiger partial charge < -0.3 is 10.6 Å². The first-order valence-electron chi connectivity index (χ1n) is 8.86. The Labute approximate surface area is 152 Å². The van der Waals surface area contributed by atoms with Crippen molar-refractivity contribution in [3.05, 3.63) is 47.4 Å². The lowest BCUT2D eigenvalue weighted by molar-refractivity contribution is -0.109. The average Bonchev–Trinajstić information content (AvgIpc) is 3.36. The van der Waals surface area contributed by atoms with Gasteiger partial charge in [-0.15, -0.1) is 0 Å². The molecule has 0 radical (unpaired) electrons. The van der Waals surface area contributed by atoms with E-state index in [9.17, 15) is 13.6 Å². The number of alkyl halides is 1. The molecule has 1 aromatic carbocycles. The quantitative estimate of drug-likeness (QED) is 0.702. The normalized spacial score (nSPS) is 16.0. The zero-order valence-corrected chi connectivity index (χ0v) is 15.0. The molecule has 2 aromatic rings. The first kappa shape index (κ1) is 18.3. The smallest absolute Gasteiger partial charge is 0.207 e. The Morgan fingerprint density at radius 2 is 2.00 bits per heavy atom. The van der Waals surface area contributed by atoms with Gasteiger partial charge in [-0.3, -0.25) is 9.78 Å². The number of hydrogen-bond acceptors (Lipinski definition) is 3. The van der Waals surface area contributed by atoms with Gasteiger partial charge in [-0.2, -0.15) is 0 Å². The van der Waals surface area contributed by atoms with Gasteiger partial charge in [0, 0.05) is 24.3 Å². The molecule has 1 heterocycles. The first-order valence-corrected chi connectivity index (χ1v) is 8.86. The molecule has 1 saturated carbocycles. The highest BCUT2D eigenvalue weighted by molar-refractivity contribution is 5.77. The van der Waals surface area contributed by atoms with E-state index in [0.717, 1.165) is 16.8 Å². The van der Waals surface area contributed by atoms with Crippen molar-refractivity contribution in [2.24, 2.45) is 0 Å². The second-order valence-corrected chi connectivity index (χ2v) is 6.74. The molecule has 26 heavy (non-hydrogen) atoms. The van der Waals surface area contributed by atoms with E-state index in [-0.39, 0.29) is 12.4 Å². The minimum Gasteiger partial charge on any atom is -0.383 e. The number of anilines is 1. The highest BCUT2D eigenvalue weighted by Gasteiger charge is 2.51. The van der Waals surface area contributed by atoms with Crippen molar-refractivity contribution in [1.82, 2.24) is 10.3 Å². The zero-order valence-electron chi connectivity index (χ0n) is 15.0. The molecule has 0 spiro atoms. The van der Waals surface area contributed by atoms with E-state index < -0.39 is 11.6 Å². The number of rotatable bonds is 8. The van der Waals surface area contributed by atoms with E-state index >= 15 is 0 Å². The largest absolute Gasteiger partial charge is 0.383 e. The standard InChI is InChI=1S/C20H23F2N3O/c1-3-24-18-13(2)10-17(16(11-23-12-26)20(22)8-9-20)25-19(18)14-4-6-15(21)7-5-14/h4-7,10,12,16,24H,3,8-9,11H2,1-2H3,(H,23,26). The third-order valence-electron chi connectivity index (χ3n) is 4.82. The molecule has 0 bridgehead atoms. The summed E-state index contributed by atoms with van der Waals surface area (Å²) in [5.74, 6) is -0.818. The zero-order chi connectivity index (χ0) is 18.7. The maximum Gasteiger partial charge on any atom is 0.207 e. The van der Waals surface area contributed by atoms with Crippen molar-refractivity contribution < 1.29 is 13.6 Å². The summed E-state index contributed by atoms with van der Waals surface area (Å²) in [6.45, 7) is 4.84. The third-order valence-corrected chi connectivity index (χ3v) is 4.82. The molecular weight excluding hydrogens is 336 g/mol. The Morgan fingerprint density at radius 1 is 1.31 bits per heavy atom. The van der Waals surface area contributed by atoms with Gasteiger partial charge in [0.1, 0.15) is 11.5 Å². The Hall–Kier alpha value is -2.50. The molecule has 1 aliphatic carbocycles. The molecule has 1 aliphatic rings. The van der Waals surface area contributed by atoms with Crippen LogP contribution >= 0.6 is 0 Å². The third kappa shape index (κ3) is 3.69. The lowest BCUT2D eigenvalue weighted by atomic mass is 9.94. The summed E-state index contributed by atoms with van der Waals surface area (Å²) in [6, 6.07) is 7.99. The molecule has 4 nitrogen and oxygen atoms in total. The van der Waals surface area contributed by atoms with Gasteiger partial charge in [0.2, 0.25) is 6.41 Å². The number of amides is 1. The van der Waals surface area contributed by atoms with Crippen LogP contribution in [0.15, 0.2) is 30.3 Å². The summed E-state index contributed by atoms with van der Waals surface area (Å²) in [4.78, 5) is 15.4. The number of pyridine rings is 1. The number of nitrogens with zero attached hydrogens (tertiary/aromatic N) is 1. The number of halogens is 2. The minimum absolute atomic E-state index is 0.204. The van der Waals surface area contributed by atoms with Crippen molar-refractivity contribution in [3.63, 3.8) is 0 Å². The van der Waals surface area contributed by atoms with Crippen molar-refractivity contribution in [2.75, 3.05) is 18.4 Å². The summed E-state index contributed by atoms with van der Waals surface area (Å²) >= 11 is 0. The van der Waals surface area contributed by atoms with Gasteiger partial charge in [-0.25, -0.2) is 8.78 Å². The maximum absolute atomic E-state index is 14.9. The van der Waals surface area contributed by atoms with Crippen LogP contribution in [0.2, 0.25) is 0 Å². The Balaban J connectivity index is 2.09. The molecule has 0 aliphatic heterocycles. The highest BCUT2D eigenvalue weighted by Crippen LogP contribution is 2.51. The summed E-state index contributed by atoms with van der Waals surface area (Å²) in [5, 5.41) is 5.89. The van der Waals surface area contributed by atoms with E-state index in [4.69, 9.17) is 4.98 Å². The molecule has 1 unspecified atom stereocenters. The molecular formula is C20H23F2N3O. The molecule has 138 valence electrons. The number of carbonyl (C=O) groups excluding carboxylic acids is 1. The highest BCUT2D eigenvalue weighted by atomic mass is 19.1.